The molecule has 0 spiro atoms. The van der Waals surface area contributed by atoms with Crippen molar-refractivity contribution in [2.75, 3.05) is 0 Å². The number of hydrogen-bond acceptors (Lipinski definition) is 4. The normalized spacial score (nSPS) is 21.7. The van der Waals surface area contributed by atoms with Gasteiger partial charge in [0.15, 0.2) is 0 Å². The van der Waals surface area contributed by atoms with Crippen LogP contribution in [0.4, 0.5) is 0 Å². The molecule has 1 aliphatic carbocycles. The molecule has 0 saturated heterocycles. The molecule has 1 heterocycles. The van der Waals surface area contributed by atoms with Crippen molar-refractivity contribution in [3.63, 3.8) is 0 Å². The monoisotopic (exact) mass is 315 g/mol. The summed E-state index contributed by atoms with van der Waals surface area (Å²) in [5, 5.41) is 14.5. The average Bonchev–Trinajstić information content (AvgIpc) is 2.53. The Morgan fingerprint density at radius 1 is 1.22 bits per heavy atom. The van der Waals surface area contributed by atoms with Gasteiger partial charge in [-0.3, -0.25) is 0 Å². The molecule has 0 amide bonds. The van der Waals surface area contributed by atoms with Crippen LogP contribution in [-0.2, 0) is 13.0 Å². The summed E-state index contributed by atoms with van der Waals surface area (Å²) in [6, 6.07) is 5.57. The van der Waals surface area contributed by atoms with E-state index in [4.69, 9.17) is 4.42 Å². The summed E-state index contributed by atoms with van der Waals surface area (Å²) in [4.78, 5) is 11.8. The Kier molecular flexibility index (Phi) is 4.71. The van der Waals surface area contributed by atoms with Gasteiger partial charge < -0.3 is 14.8 Å². The Balaban J connectivity index is 1.91. The topological polar surface area (TPSA) is 62.5 Å². The van der Waals surface area contributed by atoms with Crippen LogP contribution in [0.15, 0.2) is 27.4 Å². The van der Waals surface area contributed by atoms with E-state index in [9.17, 15) is 9.90 Å². The first-order chi connectivity index (χ1) is 11.1. The predicted octanol–water partition coefficient (Wildman–Crippen LogP) is 3.73. The third-order valence-electron chi connectivity index (χ3n) is 5.08. The molecule has 4 nitrogen and oxygen atoms in total. The van der Waals surface area contributed by atoms with E-state index in [-0.39, 0.29) is 11.4 Å². The molecule has 3 rings (SSSR count). The lowest BCUT2D eigenvalue weighted by atomic mass is 9.86. The van der Waals surface area contributed by atoms with Crippen LogP contribution in [0.2, 0.25) is 0 Å². The summed E-state index contributed by atoms with van der Waals surface area (Å²) < 4.78 is 5.25. The Hall–Kier alpha value is -1.81. The van der Waals surface area contributed by atoms with Crippen LogP contribution in [0.3, 0.4) is 0 Å². The van der Waals surface area contributed by atoms with Crippen molar-refractivity contribution in [3.8, 4) is 5.75 Å². The smallest absolute Gasteiger partial charge is 0.336 e. The van der Waals surface area contributed by atoms with Gasteiger partial charge in [-0.25, -0.2) is 4.79 Å². The third kappa shape index (κ3) is 3.42. The maximum absolute atomic E-state index is 11.8. The van der Waals surface area contributed by atoms with Gasteiger partial charge in [-0.1, -0.05) is 26.7 Å². The van der Waals surface area contributed by atoms with Crippen LogP contribution in [0, 0.1) is 5.92 Å². The second-order valence-electron chi connectivity index (χ2n) is 6.67. The van der Waals surface area contributed by atoms with E-state index < -0.39 is 0 Å². The lowest BCUT2D eigenvalue weighted by Gasteiger charge is -2.29. The molecule has 0 aliphatic heterocycles. The van der Waals surface area contributed by atoms with Gasteiger partial charge in [-0.2, -0.15) is 0 Å². The SMILES string of the molecule is CCc1cc2c(CN[C@@H]3CCCC[C@@H]3C)cc(=O)oc2cc1O. The minimum Gasteiger partial charge on any atom is -0.508 e. The number of rotatable bonds is 4. The highest BCUT2D eigenvalue weighted by molar-refractivity contribution is 5.82. The van der Waals surface area contributed by atoms with E-state index in [1.165, 1.54) is 25.7 Å². The molecule has 0 radical (unpaired) electrons. The lowest BCUT2D eigenvalue weighted by molar-refractivity contribution is 0.279. The summed E-state index contributed by atoms with van der Waals surface area (Å²) >= 11 is 0. The zero-order chi connectivity index (χ0) is 16.4. The van der Waals surface area contributed by atoms with Gasteiger partial charge in [0.05, 0.1) is 0 Å². The van der Waals surface area contributed by atoms with Crippen molar-refractivity contribution in [1.29, 1.82) is 0 Å². The minimum absolute atomic E-state index is 0.189. The molecule has 1 saturated carbocycles. The Labute approximate surface area is 136 Å². The van der Waals surface area contributed by atoms with E-state index in [0.717, 1.165) is 22.9 Å². The van der Waals surface area contributed by atoms with Gasteiger partial charge in [0.1, 0.15) is 11.3 Å². The molecule has 124 valence electrons. The number of phenols is 1. The quantitative estimate of drug-likeness (QED) is 0.844. The van der Waals surface area contributed by atoms with Gasteiger partial charge in [0.25, 0.3) is 0 Å². The first-order valence-corrected chi connectivity index (χ1v) is 8.60. The largest absolute Gasteiger partial charge is 0.508 e. The van der Waals surface area contributed by atoms with Crippen LogP contribution in [0.1, 0.15) is 50.7 Å². The summed E-state index contributed by atoms with van der Waals surface area (Å²) in [5.41, 5.74) is 1.91. The van der Waals surface area contributed by atoms with Gasteiger partial charge in [-0.05, 0) is 42.4 Å². The minimum atomic E-state index is -0.366. The highest BCUT2D eigenvalue weighted by Gasteiger charge is 2.21. The highest BCUT2D eigenvalue weighted by Crippen LogP contribution is 2.28. The van der Waals surface area contributed by atoms with Crippen molar-refractivity contribution >= 4 is 11.0 Å². The fourth-order valence-electron chi connectivity index (χ4n) is 3.60. The molecule has 1 aromatic heterocycles. The first kappa shape index (κ1) is 16.1. The molecule has 1 fully saturated rings. The second-order valence-corrected chi connectivity index (χ2v) is 6.67. The van der Waals surface area contributed by atoms with Crippen molar-refractivity contribution in [1.82, 2.24) is 5.32 Å². The summed E-state index contributed by atoms with van der Waals surface area (Å²) in [6.07, 6.45) is 5.79. The second kappa shape index (κ2) is 6.75. The number of aryl methyl sites for hydroxylation is 1. The molecular formula is C19H25NO3. The standard InChI is InChI=1S/C19H25NO3/c1-3-13-8-15-14(9-19(22)23-18(15)10-17(13)21)11-20-16-7-5-4-6-12(16)2/h8-10,12,16,20-21H,3-7,11H2,1-2H3/t12-,16+/m0/s1. The molecule has 1 aliphatic rings. The molecule has 23 heavy (non-hydrogen) atoms. The van der Waals surface area contributed by atoms with E-state index in [0.29, 0.717) is 24.1 Å². The van der Waals surface area contributed by atoms with Crippen molar-refractivity contribution in [2.24, 2.45) is 5.92 Å². The van der Waals surface area contributed by atoms with Crippen LogP contribution in [0.25, 0.3) is 11.0 Å². The van der Waals surface area contributed by atoms with E-state index >= 15 is 0 Å². The summed E-state index contributed by atoms with van der Waals surface area (Å²) in [7, 11) is 0. The number of nitrogens with one attached hydrogen (secondary N) is 1. The molecule has 0 unspecified atom stereocenters. The Morgan fingerprint density at radius 3 is 2.74 bits per heavy atom. The van der Waals surface area contributed by atoms with Gasteiger partial charge >= 0.3 is 5.63 Å². The average molecular weight is 315 g/mol. The molecule has 2 atom stereocenters. The number of phenolic OH excluding ortho intramolecular Hbond substituents is 1. The fourth-order valence-corrected chi connectivity index (χ4v) is 3.60. The van der Waals surface area contributed by atoms with Crippen molar-refractivity contribution in [3.05, 3.63) is 39.7 Å². The number of benzene rings is 1. The maximum atomic E-state index is 11.8. The molecular weight excluding hydrogens is 290 g/mol. The fraction of sp³-hybridized carbons (Fsp3) is 0.526. The maximum Gasteiger partial charge on any atom is 0.336 e. The van der Waals surface area contributed by atoms with Crippen LogP contribution >= 0.6 is 0 Å². The van der Waals surface area contributed by atoms with E-state index in [1.54, 1.807) is 12.1 Å². The molecule has 2 aromatic rings. The third-order valence-corrected chi connectivity index (χ3v) is 5.08. The van der Waals surface area contributed by atoms with Gasteiger partial charge in [0.2, 0.25) is 0 Å². The summed E-state index contributed by atoms with van der Waals surface area (Å²) in [6.45, 7) is 4.95. The number of fused-ring (bicyclic) bond motifs is 1. The predicted molar refractivity (Wildman–Crippen MR) is 91.8 cm³/mol. The van der Waals surface area contributed by atoms with E-state index in [1.807, 2.05) is 13.0 Å². The van der Waals surface area contributed by atoms with Crippen molar-refractivity contribution in [2.45, 2.75) is 58.5 Å². The summed E-state index contributed by atoms with van der Waals surface area (Å²) in [5.74, 6) is 0.861. The molecule has 1 aromatic carbocycles. The number of hydrogen-bond donors (Lipinski definition) is 2. The van der Waals surface area contributed by atoms with Gasteiger partial charge in [0, 0.05) is 30.1 Å². The zero-order valence-corrected chi connectivity index (χ0v) is 13.9. The highest BCUT2D eigenvalue weighted by atomic mass is 16.4. The first-order valence-electron chi connectivity index (χ1n) is 8.60. The molecule has 0 bridgehead atoms. The molecule has 4 heteroatoms. The van der Waals surface area contributed by atoms with Crippen LogP contribution in [-0.4, -0.2) is 11.1 Å². The van der Waals surface area contributed by atoms with E-state index in [2.05, 4.69) is 12.2 Å². The lowest BCUT2D eigenvalue weighted by Crippen LogP contribution is -2.36. The van der Waals surface area contributed by atoms with Gasteiger partial charge in [-0.15, -0.1) is 0 Å². The Bertz CT molecular complexity index is 750. The molecule has 2 N–H and O–H groups in total. The van der Waals surface area contributed by atoms with Crippen LogP contribution < -0.4 is 10.9 Å². The van der Waals surface area contributed by atoms with Crippen LogP contribution in [0.5, 0.6) is 5.75 Å². The Morgan fingerprint density at radius 2 is 2.00 bits per heavy atom. The number of aromatic hydroxyl groups is 1. The van der Waals surface area contributed by atoms with Crippen molar-refractivity contribution < 1.29 is 9.52 Å². The zero-order valence-electron chi connectivity index (χ0n) is 13.9.